The molecule has 1 aromatic carbocycles. The van der Waals surface area contributed by atoms with Crippen LogP contribution >= 0.6 is 0 Å². The third-order valence-electron chi connectivity index (χ3n) is 2.64. The van der Waals surface area contributed by atoms with Crippen molar-refractivity contribution in [1.29, 1.82) is 0 Å². The molecule has 0 spiro atoms. The quantitative estimate of drug-likeness (QED) is 0.753. The predicted molar refractivity (Wildman–Crippen MR) is 65.4 cm³/mol. The minimum atomic E-state index is -0.885. The van der Waals surface area contributed by atoms with Gasteiger partial charge in [0.15, 0.2) is 0 Å². The van der Waals surface area contributed by atoms with Crippen molar-refractivity contribution in [3.8, 4) is 11.1 Å². The number of carbonyl (C=O) groups is 1. The highest BCUT2D eigenvalue weighted by Crippen LogP contribution is 2.23. The Kier molecular flexibility index (Phi) is 3.25. The number of hydrogen-bond acceptors (Lipinski definition) is 2. The molecular weight excluding hydrogens is 216 g/mol. The van der Waals surface area contributed by atoms with Crippen LogP contribution in [0.4, 0.5) is 0 Å². The fourth-order valence-corrected chi connectivity index (χ4v) is 1.76. The fourth-order valence-electron chi connectivity index (χ4n) is 1.76. The number of benzene rings is 1. The van der Waals surface area contributed by atoms with Gasteiger partial charge < -0.3 is 15.8 Å². The van der Waals surface area contributed by atoms with Gasteiger partial charge in [-0.15, -0.1) is 0 Å². The molecule has 1 heterocycles. The number of aromatic nitrogens is 1. The van der Waals surface area contributed by atoms with Gasteiger partial charge in [-0.1, -0.05) is 18.2 Å². The smallest absolute Gasteiger partial charge is 0.305 e. The Bertz CT molecular complexity index is 506. The van der Waals surface area contributed by atoms with E-state index in [9.17, 15) is 4.79 Å². The Morgan fingerprint density at radius 3 is 2.82 bits per heavy atom. The minimum absolute atomic E-state index is 0.0589. The molecule has 0 fully saturated rings. The van der Waals surface area contributed by atoms with Crippen LogP contribution in [0.25, 0.3) is 11.1 Å². The average molecular weight is 230 g/mol. The van der Waals surface area contributed by atoms with Crippen LogP contribution in [0.3, 0.4) is 0 Å². The first-order valence-electron chi connectivity index (χ1n) is 5.37. The van der Waals surface area contributed by atoms with E-state index in [1.165, 1.54) is 0 Å². The first-order valence-corrected chi connectivity index (χ1v) is 5.37. The van der Waals surface area contributed by atoms with Gasteiger partial charge in [-0.2, -0.15) is 0 Å². The van der Waals surface area contributed by atoms with Crippen molar-refractivity contribution in [3.63, 3.8) is 0 Å². The molecule has 0 radical (unpaired) electrons. The van der Waals surface area contributed by atoms with E-state index in [2.05, 4.69) is 4.98 Å². The van der Waals surface area contributed by atoms with E-state index in [0.717, 1.165) is 16.7 Å². The van der Waals surface area contributed by atoms with E-state index < -0.39 is 12.0 Å². The molecule has 88 valence electrons. The van der Waals surface area contributed by atoms with Gasteiger partial charge >= 0.3 is 5.97 Å². The molecule has 4 nitrogen and oxygen atoms in total. The van der Waals surface area contributed by atoms with E-state index in [1.807, 2.05) is 42.7 Å². The van der Waals surface area contributed by atoms with Crippen molar-refractivity contribution in [2.75, 3.05) is 0 Å². The fraction of sp³-hybridized carbons (Fsp3) is 0.154. The van der Waals surface area contributed by atoms with Crippen molar-refractivity contribution < 1.29 is 9.90 Å². The van der Waals surface area contributed by atoms with Crippen LogP contribution in [0, 0.1) is 0 Å². The third-order valence-corrected chi connectivity index (χ3v) is 2.64. The SMILES string of the molecule is NC(CC(=O)O)c1cccc(-c2cc[nH]c2)c1. The molecule has 0 aliphatic rings. The molecular formula is C13H14N2O2. The van der Waals surface area contributed by atoms with Gasteiger partial charge in [0.1, 0.15) is 0 Å². The number of aliphatic carboxylic acids is 1. The lowest BCUT2D eigenvalue weighted by atomic mass is 10.00. The standard InChI is InChI=1S/C13H14N2O2/c14-12(7-13(16)17)10-3-1-2-9(6-10)11-4-5-15-8-11/h1-6,8,12,15H,7,14H2,(H,16,17). The van der Waals surface area contributed by atoms with Crippen molar-refractivity contribution in [3.05, 3.63) is 48.3 Å². The zero-order chi connectivity index (χ0) is 12.3. The number of aromatic amines is 1. The Morgan fingerprint density at radius 1 is 1.35 bits per heavy atom. The molecule has 0 bridgehead atoms. The second-order valence-corrected chi connectivity index (χ2v) is 3.93. The second-order valence-electron chi connectivity index (χ2n) is 3.93. The number of rotatable bonds is 4. The summed E-state index contributed by atoms with van der Waals surface area (Å²) in [6.45, 7) is 0. The normalized spacial score (nSPS) is 12.3. The van der Waals surface area contributed by atoms with Crippen LogP contribution in [0.15, 0.2) is 42.7 Å². The second kappa shape index (κ2) is 4.84. The van der Waals surface area contributed by atoms with Crippen LogP contribution in [0.5, 0.6) is 0 Å². The number of nitrogens with two attached hydrogens (primary N) is 1. The predicted octanol–water partition coefficient (Wildman–Crippen LogP) is 2.16. The molecule has 17 heavy (non-hydrogen) atoms. The topological polar surface area (TPSA) is 79.1 Å². The summed E-state index contributed by atoms with van der Waals surface area (Å²) in [6.07, 6.45) is 3.68. The Hall–Kier alpha value is -2.07. The van der Waals surface area contributed by atoms with E-state index >= 15 is 0 Å². The molecule has 0 aliphatic heterocycles. The monoisotopic (exact) mass is 230 g/mol. The summed E-state index contributed by atoms with van der Waals surface area (Å²) in [7, 11) is 0. The maximum Gasteiger partial charge on any atom is 0.305 e. The first kappa shape index (κ1) is 11.4. The van der Waals surface area contributed by atoms with Crippen LogP contribution in [0.2, 0.25) is 0 Å². The highest BCUT2D eigenvalue weighted by Gasteiger charge is 2.11. The maximum absolute atomic E-state index is 10.6. The van der Waals surface area contributed by atoms with Crippen molar-refractivity contribution in [2.45, 2.75) is 12.5 Å². The molecule has 0 aliphatic carbocycles. The number of nitrogens with one attached hydrogen (secondary N) is 1. The molecule has 1 aromatic heterocycles. The molecule has 4 heteroatoms. The maximum atomic E-state index is 10.6. The number of carboxylic acids is 1. The van der Waals surface area contributed by atoms with E-state index in [-0.39, 0.29) is 6.42 Å². The summed E-state index contributed by atoms with van der Waals surface area (Å²) < 4.78 is 0. The summed E-state index contributed by atoms with van der Waals surface area (Å²) in [5, 5.41) is 8.71. The molecule has 2 rings (SSSR count). The van der Waals surface area contributed by atoms with Crippen molar-refractivity contribution in [2.24, 2.45) is 5.73 Å². The van der Waals surface area contributed by atoms with Crippen molar-refractivity contribution in [1.82, 2.24) is 4.98 Å². The third kappa shape index (κ3) is 2.73. The lowest BCUT2D eigenvalue weighted by molar-refractivity contribution is -0.137. The van der Waals surface area contributed by atoms with Gasteiger partial charge in [0, 0.05) is 18.4 Å². The van der Waals surface area contributed by atoms with Crippen molar-refractivity contribution >= 4 is 5.97 Å². The number of carboxylic acid groups (broad SMARTS) is 1. The summed E-state index contributed by atoms with van der Waals surface area (Å²) in [6, 6.07) is 9.13. The first-order chi connectivity index (χ1) is 8.16. The molecule has 1 atom stereocenters. The lowest BCUT2D eigenvalue weighted by Crippen LogP contribution is -2.14. The van der Waals surface area contributed by atoms with Gasteiger partial charge in [-0.3, -0.25) is 4.79 Å². The Labute approximate surface area is 99.1 Å². The van der Waals surface area contributed by atoms with Gasteiger partial charge in [0.25, 0.3) is 0 Å². The summed E-state index contributed by atoms with van der Waals surface area (Å²) >= 11 is 0. The summed E-state index contributed by atoms with van der Waals surface area (Å²) in [5.41, 5.74) is 8.76. The Balaban J connectivity index is 2.25. The number of hydrogen-bond donors (Lipinski definition) is 3. The highest BCUT2D eigenvalue weighted by molar-refractivity contribution is 5.68. The van der Waals surface area contributed by atoms with Gasteiger partial charge in [0.2, 0.25) is 0 Å². The van der Waals surface area contributed by atoms with Crippen LogP contribution in [-0.4, -0.2) is 16.1 Å². The van der Waals surface area contributed by atoms with Crippen LogP contribution < -0.4 is 5.73 Å². The highest BCUT2D eigenvalue weighted by atomic mass is 16.4. The molecule has 4 N–H and O–H groups in total. The van der Waals surface area contributed by atoms with Crippen LogP contribution in [0.1, 0.15) is 18.0 Å². The zero-order valence-corrected chi connectivity index (χ0v) is 9.26. The lowest BCUT2D eigenvalue weighted by Gasteiger charge is -2.10. The minimum Gasteiger partial charge on any atom is -0.481 e. The average Bonchev–Trinajstić information content (AvgIpc) is 2.82. The molecule has 0 amide bonds. The molecule has 0 saturated carbocycles. The number of H-pyrrole nitrogens is 1. The van der Waals surface area contributed by atoms with E-state index in [1.54, 1.807) is 0 Å². The molecule has 1 unspecified atom stereocenters. The summed E-state index contributed by atoms with van der Waals surface area (Å²) in [4.78, 5) is 13.6. The van der Waals surface area contributed by atoms with E-state index in [4.69, 9.17) is 10.8 Å². The Morgan fingerprint density at radius 2 is 2.18 bits per heavy atom. The zero-order valence-electron chi connectivity index (χ0n) is 9.26. The van der Waals surface area contributed by atoms with Crippen LogP contribution in [-0.2, 0) is 4.79 Å². The van der Waals surface area contributed by atoms with Gasteiger partial charge in [0.05, 0.1) is 6.42 Å². The van der Waals surface area contributed by atoms with Gasteiger partial charge in [-0.25, -0.2) is 0 Å². The molecule has 2 aromatic rings. The largest absolute Gasteiger partial charge is 0.481 e. The van der Waals surface area contributed by atoms with E-state index in [0.29, 0.717) is 0 Å². The summed E-state index contributed by atoms with van der Waals surface area (Å²) in [5.74, 6) is -0.885. The molecule has 0 saturated heterocycles. The van der Waals surface area contributed by atoms with Gasteiger partial charge in [-0.05, 0) is 28.8 Å².